The standard InChI is InChI=1S/C18H11N3OS/c1-22-17(14(10-19)11-20)13-7-8-16-15(9-13)21-18(23-16)12-5-3-2-4-6-12/h2-9H,1H3. The number of nitriles is 2. The topological polar surface area (TPSA) is 69.7 Å². The molecule has 0 saturated heterocycles. The molecule has 0 aliphatic rings. The molecule has 3 aromatic rings. The van der Waals surface area contributed by atoms with Crippen molar-refractivity contribution in [1.82, 2.24) is 4.98 Å². The molecule has 0 bridgehead atoms. The zero-order valence-corrected chi connectivity index (χ0v) is 13.1. The number of ether oxygens (including phenoxy) is 1. The Morgan fingerprint density at radius 2 is 1.83 bits per heavy atom. The Morgan fingerprint density at radius 1 is 1.09 bits per heavy atom. The first-order valence-electron chi connectivity index (χ1n) is 6.81. The van der Waals surface area contributed by atoms with Crippen molar-refractivity contribution in [1.29, 1.82) is 10.5 Å². The minimum absolute atomic E-state index is 0.0506. The van der Waals surface area contributed by atoms with Gasteiger partial charge in [-0.05, 0) is 18.2 Å². The highest BCUT2D eigenvalue weighted by atomic mass is 32.1. The van der Waals surface area contributed by atoms with Crippen LogP contribution >= 0.6 is 11.3 Å². The molecule has 0 N–H and O–H groups in total. The number of methoxy groups -OCH3 is 1. The fraction of sp³-hybridized carbons (Fsp3) is 0.0556. The van der Waals surface area contributed by atoms with E-state index in [1.807, 2.05) is 60.7 Å². The van der Waals surface area contributed by atoms with Crippen LogP contribution in [0.4, 0.5) is 0 Å². The maximum Gasteiger partial charge on any atom is 0.172 e. The van der Waals surface area contributed by atoms with Crippen LogP contribution in [-0.4, -0.2) is 12.1 Å². The first-order valence-corrected chi connectivity index (χ1v) is 7.63. The maximum atomic E-state index is 9.03. The fourth-order valence-electron chi connectivity index (χ4n) is 2.26. The summed E-state index contributed by atoms with van der Waals surface area (Å²) in [5.74, 6) is 0.270. The molecular weight excluding hydrogens is 306 g/mol. The monoisotopic (exact) mass is 317 g/mol. The van der Waals surface area contributed by atoms with Crippen molar-refractivity contribution in [2.75, 3.05) is 7.11 Å². The summed E-state index contributed by atoms with van der Waals surface area (Å²) in [6.07, 6.45) is 0. The summed E-state index contributed by atoms with van der Waals surface area (Å²) in [5.41, 5.74) is 2.50. The molecule has 0 spiro atoms. The van der Waals surface area contributed by atoms with Gasteiger partial charge in [-0.3, -0.25) is 0 Å². The quantitative estimate of drug-likeness (QED) is 0.531. The van der Waals surface area contributed by atoms with Gasteiger partial charge in [0.1, 0.15) is 17.1 Å². The summed E-state index contributed by atoms with van der Waals surface area (Å²) in [6, 6.07) is 19.3. The van der Waals surface area contributed by atoms with Crippen molar-refractivity contribution in [3.8, 4) is 22.7 Å². The van der Waals surface area contributed by atoms with E-state index in [9.17, 15) is 0 Å². The molecule has 5 heteroatoms. The Morgan fingerprint density at radius 3 is 2.48 bits per heavy atom. The number of benzene rings is 2. The molecule has 0 unspecified atom stereocenters. The second kappa shape index (κ2) is 6.31. The van der Waals surface area contributed by atoms with E-state index in [0.717, 1.165) is 20.8 Å². The number of rotatable bonds is 3. The van der Waals surface area contributed by atoms with Crippen LogP contribution in [0.5, 0.6) is 0 Å². The molecule has 2 aromatic carbocycles. The molecule has 1 heterocycles. The molecule has 0 fully saturated rings. The zero-order valence-electron chi connectivity index (χ0n) is 12.3. The third kappa shape index (κ3) is 2.78. The average molecular weight is 317 g/mol. The van der Waals surface area contributed by atoms with E-state index in [2.05, 4.69) is 4.98 Å². The number of aromatic nitrogens is 1. The van der Waals surface area contributed by atoms with Gasteiger partial charge in [0.05, 0.1) is 17.3 Å². The highest BCUT2D eigenvalue weighted by molar-refractivity contribution is 7.21. The maximum absolute atomic E-state index is 9.03. The van der Waals surface area contributed by atoms with Crippen molar-refractivity contribution < 1.29 is 4.74 Å². The van der Waals surface area contributed by atoms with E-state index in [1.165, 1.54) is 7.11 Å². The molecular formula is C18H11N3OS. The van der Waals surface area contributed by atoms with Gasteiger partial charge in [-0.25, -0.2) is 4.98 Å². The first kappa shape index (κ1) is 14.8. The van der Waals surface area contributed by atoms with Crippen molar-refractivity contribution in [2.24, 2.45) is 0 Å². The number of allylic oxidation sites excluding steroid dienone is 1. The van der Waals surface area contributed by atoms with Crippen LogP contribution in [-0.2, 0) is 4.74 Å². The Kier molecular flexibility index (Phi) is 4.05. The minimum Gasteiger partial charge on any atom is -0.494 e. The van der Waals surface area contributed by atoms with Gasteiger partial charge in [0, 0.05) is 11.1 Å². The van der Waals surface area contributed by atoms with Crippen LogP contribution in [0.2, 0.25) is 0 Å². The normalized spacial score (nSPS) is 9.87. The van der Waals surface area contributed by atoms with Crippen LogP contribution < -0.4 is 0 Å². The second-order valence-corrected chi connectivity index (χ2v) is 5.73. The molecule has 23 heavy (non-hydrogen) atoms. The minimum atomic E-state index is -0.0506. The number of nitrogens with zero attached hydrogens (tertiary/aromatic N) is 3. The molecule has 0 saturated carbocycles. The first-order chi connectivity index (χ1) is 11.3. The van der Waals surface area contributed by atoms with Crippen LogP contribution in [0.25, 0.3) is 26.5 Å². The lowest BCUT2D eigenvalue weighted by atomic mass is 10.1. The third-order valence-electron chi connectivity index (χ3n) is 3.33. The summed E-state index contributed by atoms with van der Waals surface area (Å²) in [7, 11) is 1.45. The Labute approximate surface area is 137 Å². The predicted molar refractivity (Wildman–Crippen MR) is 90.2 cm³/mol. The van der Waals surface area contributed by atoms with E-state index in [1.54, 1.807) is 11.3 Å². The van der Waals surface area contributed by atoms with Crippen molar-refractivity contribution in [3.05, 3.63) is 59.7 Å². The summed E-state index contributed by atoms with van der Waals surface area (Å²) < 4.78 is 6.27. The van der Waals surface area contributed by atoms with E-state index in [4.69, 9.17) is 15.3 Å². The molecule has 0 radical (unpaired) electrons. The van der Waals surface area contributed by atoms with E-state index in [0.29, 0.717) is 5.56 Å². The molecule has 0 aliphatic heterocycles. The lowest BCUT2D eigenvalue weighted by Gasteiger charge is -2.05. The summed E-state index contributed by atoms with van der Waals surface area (Å²) in [4.78, 5) is 4.65. The van der Waals surface area contributed by atoms with Crippen molar-refractivity contribution in [3.63, 3.8) is 0 Å². The lowest BCUT2D eigenvalue weighted by Crippen LogP contribution is -1.92. The molecule has 3 rings (SSSR count). The summed E-state index contributed by atoms with van der Waals surface area (Å²) in [5, 5.41) is 19.0. The smallest absolute Gasteiger partial charge is 0.172 e. The number of fused-ring (bicyclic) bond motifs is 1. The SMILES string of the molecule is COC(=C(C#N)C#N)c1ccc2sc(-c3ccccc3)nc2c1. The van der Waals surface area contributed by atoms with Crippen LogP contribution in [0.15, 0.2) is 54.1 Å². The fourth-order valence-corrected chi connectivity index (χ4v) is 3.22. The van der Waals surface area contributed by atoms with Gasteiger partial charge in [0.15, 0.2) is 11.3 Å². The number of hydrogen-bond donors (Lipinski definition) is 0. The van der Waals surface area contributed by atoms with Crippen LogP contribution in [0.3, 0.4) is 0 Å². The van der Waals surface area contributed by atoms with Gasteiger partial charge in [-0.2, -0.15) is 10.5 Å². The lowest BCUT2D eigenvalue weighted by molar-refractivity contribution is 0.369. The Balaban J connectivity index is 2.12. The molecule has 1 aromatic heterocycles. The Bertz CT molecular complexity index is 959. The van der Waals surface area contributed by atoms with Gasteiger partial charge in [0.25, 0.3) is 0 Å². The highest BCUT2D eigenvalue weighted by Gasteiger charge is 2.12. The van der Waals surface area contributed by atoms with Crippen LogP contribution in [0.1, 0.15) is 5.56 Å². The van der Waals surface area contributed by atoms with Gasteiger partial charge in [0.2, 0.25) is 0 Å². The van der Waals surface area contributed by atoms with E-state index >= 15 is 0 Å². The van der Waals surface area contributed by atoms with E-state index < -0.39 is 0 Å². The molecule has 4 nitrogen and oxygen atoms in total. The van der Waals surface area contributed by atoms with Crippen LogP contribution in [0, 0.1) is 22.7 Å². The van der Waals surface area contributed by atoms with Crippen molar-refractivity contribution >= 4 is 27.3 Å². The largest absolute Gasteiger partial charge is 0.494 e. The van der Waals surface area contributed by atoms with Gasteiger partial charge in [-0.1, -0.05) is 30.3 Å². The van der Waals surface area contributed by atoms with Gasteiger partial charge >= 0.3 is 0 Å². The molecule has 0 atom stereocenters. The predicted octanol–water partition coefficient (Wildman–Crippen LogP) is 4.37. The average Bonchev–Trinajstić information content (AvgIpc) is 3.03. The van der Waals surface area contributed by atoms with Crippen molar-refractivity contribution in [2.45, 2.75) is 0 Å². The highest BCUT2D eigenvalue weighted by Crippen LogP contribution is 2.32. The number of hydrogen-bond acceptors (Lipinski definition) is 5. The summed E-state index contributed by atoms with van der Waals surface area (Å²) in [6.45, 7) is 0. The zero-order chi connectivity index (χ0) is 16.2. The number of thiazole rings is 1. The molecule has 110 valence electrons. The Hall–Kier alpha value is -3.15. The van der Waals surface area contributed by atoms with E-state index in [-0.39, 0.29) is 11.3 Å². The van der Waals surface area contributed by atoms with Gasteiger partial charge < -0.3 is 4.74 Å². The second-order valence-electron chi connectivity index (χ2n) is 4.70. The third-order valence-corrected chi connectivity index (χ3v) is 4.41. The summed E-state index contributed by atoms with van der Waals surface area (Å²) >= 11 is 1.60. The van der Waals surface area contributed by atoms with Gasteiger partial charge in [-0.15, -0.1) is 11.3 Å². The molecule has 0 amide bonds. The molecule has 0 aliphatic carbocycles.